The minimum atomic E-state index is -0.865. The largest absolute Gasteiger partial charge is 0.351 e. The molecule has 0 aromatic rings. The van der Waals surface area contributed by atoms with E-state index in [1.165, 1.54) is 0 Å². The third kappa shape index (κ3) is 3.70. The fourth-order valence-electron chi connectivity index (χ4n) is 2.99. The molecule has 2 fully saturated rings. The molecule has 2 heterocycles. The maximum absolute atomic E-state index is 12.6. The van der Waals surface area contributed by atoms with Crippen LogP contribution in [0.2, 0.25) is 0 Å². The molecule has 2 rings (SSSR count). The third-order valence-electron chi connectivity index (χ3n) is 4.13. The summed E-state index contributed by atoms with van der Waals surface area (Å²) in [6, 6.07) is -1.69. The average Bonchev–Trinajstić information content (AvgIpc) is 2.95. The summed E-state index contributed by atoms with van der Waals surface area (Å²) in [5.74, 6) is -0.379. The van der Waals surface area contributed by atoms with Crippen LogP contribution in [0.1, 0.15) is 19.8 Å². The van der Waals surface area contributed by atoms with Crippen molar-refractivity contribution in [2.24, 2.45) is 5.73 Å². The number of urea groups is 1. The molecule has 0 radical (unpaired) electrons. The number of rotatable bonds is 3. The van der Waals surface area contributed by atoms with Crippen LogP contribution in [0.3, 0.4) is 0 Å². The first-order valence-electron chi connectivity index (χ1n) is 7.36. The Balaban J connectivity index is 2.00. The van der Waals surface area contributed by atoms with Crippen LogP contribution in [0.25, 0.3) is 0 Å². The molecule has 118 valence electrons. The second-order valence-corrected chi connectivity index (χ2v) is 5.50. The number of carbonyl (C=O) groups excluding carboxylic acids is 3. The van der Waals surface area contributed by atoms with Gasteiger partial charge in [0.1, 0.15) is 0 Å². The molecule has 0 spiro atoms. The normalized spacial score (nSPS) is 24.6. The van der Waals surface area contributed by atoms with Gasteiger partial charge >= 0.3 is 6.03 Å². The Morgan fingerprint density at radius 3 is 2.52 bits per heavy atom. The van der Waals surface area contributed by atoms with E-state index in [0.717, 1.165) is 25.9 Å². The summed E-state index contributed by atoms with van der Waals surface area (Å²) < 4.78 is 0. The molecule has 0 aliphatic carbocycles. The number of hydrogen-bond donors (Lipinski definition) is 3. The molecule has 0 saturated carbocycles. The van der Waals surface area contributed by atoms with Crippen molar-refractivity contribution in [1.82, 2.24) is 20.4 Å². The van der Waals surface area contributed by atoms with E-state index in [0.29, 0.717) is 19.6 Å². The quantitative estimate of drug-likeness (QED) is 0.585. The lowest BCUT2D eigenvalue weighted by atomic mass is 10.1. The summed E-state index contributed by atoms with van der Waals surface area (Å²) in [6.45, 7) is 5.37. The average molecular weight is 297 g/mol. The molecule has 2 saturated heterocycles. The highest BCUT2D eigenvalue weighted by Gasteiger charge is 2.38. The van der Waals surface area contributed by atoms with Gasteiger partial charge in [-0.1, -0.05) is 0 Å². The molecule has 2 unspecified atom stereocenters. The summed E-state index contributed by atoms with van der Waals surface area (Å²) in [5, 5.41) is 5.29. The van der Waals surface area contributed by atoms with Gasteiger partial charge in [0.2, 0.25) is 11.8 Å². The first-order valence-corrected chi connectivity index (χ1v) is 7.36. The van der Waals surface area contributed by atoms with E-state index in [2.05, 4.69) is 10.6 Å². The Kier molecular flexibility index (Phi) is 5.13. The highest BCUT2D eigenvalue weighted by Crippen LogP contribution is 2.22. The molecule has 21 heavy (non-hydrogen) atoms. The molecule has 4 amide bonds. The van der Waals surface area contributed by atoms with E-state index in [-0.39, 0.29) is 11.9 Å². The summed E-state index contributed by atoms with van der Waals surface area (Å²) in [6.07, 6.45) is 1.62. The lowest BCUT2D eigenvalue weighted by molar-refractivity contribution is -0.138. The molecule has 8 heteroatoms. The van der Waals surface area contributed by atoms with Crippen molar-refractivity contribution in [3.63, 3.8) is 0 Å². The Morgan fingerprint density at radius 1 is 1.24 bits per heavy atom. The van der Waals surface area contributed by atoms with Gasteiger partial charge in [0.15, 0.2) is 0 Å². The number of carbonyl (C=O) groups is 3. The summed E-state index contributed by atoms with van der Waals surface area (Å²) in [4.78, 5) is 39.0. The molecule has 2 aliphatic heterocycles. The second kappa shape index (κ2) is 6.86. The number of nitrogens with one attached hydrogen (secondary N) is 2. The molecule has 0 aromatic carbocycles. The van der Waals surface area contributed by atoms with Crippen molar-refractivity contribution >= 4 is 17.8 Å². The van der Waals surface area contributed by atoms with Crippen LogP contribution in [0.4, 0.5) is 4.79 Å². The monoisotopic (exact) mass is 297 g/mol. The highest BCUT2D eigenvalue weighted by molar-refractivity contribution is 5.96. The Bertz CT molecular complexity index is 422. The number of likely N-dealkylation sites (tertiary alicyclic amines) is 1. The van der Waals surface area contributed by atoms with E-state index in [1.54, 1.807) is 6.92 Å². The predicted molar refractivity (Wildman–Crippen MR) is 76.4 cm³/mol. The minimum Gasteiger partial charge on any atom is -0.351 e. The van der Waals surface area contributed by atoms with E-state index >= 15 is 0 Å². The first-order chi connectivity index (χ1) is 10.0. The number of nitrogens with zero attached hydrogens (tertiary/aromatic N) is 2. The van der Waals surface area contributed by atoms with Gasteiger partial charge in [-0.2, -0.15) is 0 Å². The number of hydrogen-bond acceptors (Lipinski definition) is 5. The van der Waals surface area contributed by atoms with Crippen LogP contribution in [-0.4, -0.2) is 72.5 Å². The molecule has 2 aliphatic rings. The fraction of sp³-hybridized carbons (Fsp3) is 0.769. The maximum Gasteiger partial charge on any atom is 0.318 e. The van der Waals surface area contributed by atoms with Crippen LogP contribution < -0.4 is 16.4 Å². The van der Waals surface area contributed by atoms with Crippen LogP contribution >= 0.6 is 0 Å². The van der Waals surface area contributed by atoms with Gasteiger partial charge in [0.05, 0.1) is 12.1 Å². The fourth-order valence-corrected chi connectivity index (χ4v) is 2.99. The smallest absolute Gasteiger partial charge is 0.318 e. The van der Waals surface area contributed by atoms with Gasteiger partial charge in [-0.15, -0.1) is 0 Å². The lowest BCUT2D eigenvalue weighted by Gasteiger charge is -2.34. The van der Waals surface area contributed by atoms with Gasteiger partial charge in [-0.3, -0.25) is 19.8 Å². The summed E-state index contributed by atoms with van der Waals surface area (Å²) >= 11 is 0. The molecular formula is C13H23N5O3. The maximum atomic E-state index is 12.6. The zero-order chi connectivity index (χ0) is 15.4. The van der Waals surface area contributed by atoms with Crippen molar-refractivity contribution in [1.29, 1.82) is 0 Å². The van der Waals surface area contributed by atoms with Crippen LogP contribution in [0.15, 0.2) is 0 Å². The van der Waals surface area contributed by atoms with Gasteiger partial charge < -0.3 is 16.0 Å². The SMILES string of the molecule is CC(C(=O)NC(N)=O)N1CCCC1C(=O)N1CCNCC1. The highest BCUT2D eigenvalue weighted by atomic mass is 16.2. The summed E-state index contributed by atoms with van der Waals surface area (Å²) in [7, 11) is 0. The van der Waals surface area contributed by atoms with Crippen molar-refractivity contribution in [2.75, 3.05) is 32.7 Å². The van der Waals surface area contributed by atoms with E-state index in [9.17, 15) is 14.4 Å². The van der Waals surface area contributed by atoms with Crippen LogP contribution in [0, 0.1) is 0 Å². The van der Waals surface area contributed by atoms with Crippen LogP contribution in [-0.2, 0) is 9.59 Å². The van der Waals surface area contributed by atoms with Gasteiger partial charge in [0, 0.05) is 26.2 Å². The number of primary amides is 1. The number of imide groups is 1. The van der Waals surface area contributed by atoms with E-state index < -0.39 is 18.0 Å². The topological polar surface area (TPSA) is 108 Å². The number of piperazine rings is 1. The Morgan fingerprint density at radius 2 is 1.90 bits per heavy atom. The first kappa shape index (κ1) is 15.7. The molecule has 8 nitrogen and oxygen atoms in total. The van der Waals surface area contributed by atoms with E-state index in [4.69, 9.17) is 5.73 Å². The number of amides is 4. The van der Waals surface area contributed by atoms with Crippen molar-refractivity contribution in [3.05, 3.63) is 0 Å². The minimum absolute atomic E-state index is 0.0766. The van der Waals surface area contributed by atoms with Gasteiger partial charge in [-0.25, -0.2) is 4.79 Å². The zero-order valence-electron chi connectivity index (χ0n) is 12.3. The number of nitrogens with two attached hydrogens (primary N) is 1. The molecule has 0 aromatic heterocycles. The molecule has 0 bridgehead atoms. The third-order valence-corrected chi connectivity index (χ3v) is 4.13. The lowest BCUT2D eigenvalue weighted by Crippen LogP contribution is -2.56. The van der Waals surface area contributed by atoms with Crippen LogP contribution in [0.5, 0.6) is 0 Å². The van der Waals surface area contributed by atoms with E-state index in [1.807, 2.05) is 9.80 Å². The molecular weight excluding hydrogens is 274 g/mol. The Labute approximate surface area is 124 Å². The van der Waals surface area contributed by atoms with Crippen molar-refractivity contribution in [3.8, 4) is 0 Å². The molecule has 4 N–H and O–H groups in total. The summed E-state index contributed by atoms with van der Waals surface area (Å²) in [5.41, 5.74) is 4.97. The van der Waals surface area contributed by atoms with Crippen molar-refractivity contribution in [2.45, 2.75) is 31.8 Å². The van der Waals surface area contributed by atoms with Crippen molar-refractivity contribution < 1.29 is 14.4 Å². The second-order valence-electron chi connectivity index (χ2n) is 5.50. The Hall–Kier alpha value is -1.67. The zero-order valence-corrected chi connectivity index (χ0v) is 12.3. The standard InChI is InChI=1S/C13H23N5O3/c1-9(11(19)16-13(14)21)18-6-2-3-10(18)12(20)17-7-4-15-5-8-17/h9-10,15H,2-8H2,1H3,(H3,14,16,19,21). The van der Waals surface area contributed by atoms with Gasteiger partial charge in [0.25, 0.3) is 0 Å². The molecule has 2 atom stereocenters. The predicted octanol–water partition coefficient (Wildman–Crippen LogP) is -1.53. The van der Waals surface area contributed by atoms with Gasteiger partial charge in [-0.05, 0) is 26.3 Å².